The number of nitrogens with zero attached hydrogens (tertiary/aromatic N) is 3. The number of hydrogen-bond donors (Lipinski definition) is 0. The fourth-order valence-corrected chi connectivity index (χ4v) is 1.34. The van der Waals surface area contributed by atoms with Gasteiger partial charge in [0.2, 0.25) is 0 Å². The largest absolute Gasteiger partial charge is 0.403 e. The van der Waals surface area contributed by atoms with Gasteiger partial charge in [0.25, 0.3) is 0 Å². The van der Waals surface area contributed by atoms with E-state index in [2.05, 4.69) is 5.10 Å². The third kappa shape index (κ3) is 1.35. The van der Waals surface area contributed by atoms with Gasteiger partial charge in [0.05, 0.1) is 17.8 Å². The van der Waals surface area contributed by atoms with Crippen LogP contribution in [0.2, 0.25) is 0 Å². The van der Waals surface area contributed by atoms with Gasteiger partial charge in [0.15, 0.2) is 0 Å². The van der Waals surface area contributed by atoms with Crippen molar-refractivity contribution >= 4 is 28.4 Å². The van der Waals surface area contributed by atoms with Crippen molar-refractivity contribution in [1.82, 2.24) is 9.78 Å². The first-order valence-corrected chi connectivity index (χ1v) is 3.95. The molecule has 0 bridgehead atoms. The Kier molecular flexibility index (Phi) is 2.12. The Balaban J connectivity index is 3.29. The molecule has 1 heterocycles. The maximum atomic E-state index is 10.3. The summed E-state index contributed by atoms with van der Waals surface area (Å²) in [5, 5.41) is 14.0. The van der Waals surface area contributed by atoms with E-state index in [1.807, 2.05) is 22.6 Å². The van der Waals surface area contributed by atoms with E-state index < -0.39 is 4.92 Å². The lowest BCUT2D eigenvalue weighted by Crippen LogP contribution is -1.93. The molecule has 0 aliphatic carbocycles. The van der Waals surface area contributed by atoms with Gasteiger partial charge in [-0.25, -0.2) is 0 Å². The molecule has 6 heteroatoms. The summed E-state index contributed by atoms with van der Waals surface area (Å²) in [4.78, 5) is 9.83. The average molecular weight is 267 g/mol. The molecule has 0 aromatic carbocycles. The van der Waals surface area contributed by atoms with Crippen LogP contribution in [0.1, 0.15) is 5.69 Å². The van der Waals surface area contributed by atoms with E-state index in [9.17, 15) is 10.1 Å². The standard InChI is InChI=1S/C5H6IN3O2/c1-3-4(6)5(9(10)11)7-8(3)2/h1-2H3. The second-order valence-electron chi connectivity index (χ2n) is 2.10. The molecule has 60 valence electrons. The van der Waals surface area contributed by atoms with Crippen LogP contribution in [0.3, 0.4) is 0 Å². The molecule has 0 spiro atoms. The summed E-state index contributed by atoms with van der Waals surface area (Å²) in [7, 11) is 1.69. The van der Waals surface area contributed by atoms with Crippen LogP contribution in [0, 0.1) is 20.6 Å². The highest BCUT2D eigenvalue weighted by Crippen LogP contribution is 2.21. The Bertz CT molecular complexity index is 307. The van der Waals surface area contributed by atoms with Gasteiger partial charge >= 0.3 is 5.82 Å². The van der Waals surface area contributed by atoms with Gasteiger partial charge in [-0.15, -0.1) is 0 Å². The molecule has 0 saturated carbocycles. The molecule has 0 radical (unpaired) electrons. The van der Waals surface area contributed by atoms with Crippen LogP contribution in [0.25, 0.3) is 0 Å². The van der Waals surface area contributed by atoms with Gasteiger partial charge < -0.3 is 10.1 Å². The fourth-order valence-electron chi connectivity index (χ4n) is 0.682. The molecular formula is C5H6IN3O2. The highest BCUT2D eigenvalue weighted by Gasteiger charge is 2.20. The van der Waals surface area contributed by atoms with E-state index in [1.165, 1.54) is 4.68 Å². The molecule has 1 rings (SSSR count). The van der Waals surface area contributed by atoms with Crippen molar-refractivity contribution in [3.05, 3.63) is 19.4 Å². The summed E-state index contributed by atoms with van der Waals surface area (Å²) in [5.41, 5.74) is 0.817. The fraction of sp³-hybridized carbons (Fsp3) is 0.400. The lowest BCUT2D eigenvalue weighted by molar-refractivity contribution is -0.390. The van der Waals surface area contributed by atoms with Crippen LogP contribution in [-0.2, 0) is 7.05 Å². The first-order chi connectivity index (χ1) is 5.04. The summed E-state index contributed by atoms with van der Waals surface area (Å²) in [5.74, 6) is -0.0643. The third-order valence-corrected chi connectivity index (χ3v) is 2.68. The molecule has 1 aromatic heterocycles. The normalized spacial score (nSPS) is 10.1. The molecule has 0 amide bonds. The van der Waals surface area contributed by atoms with Crippen LogP contribution in [0.15, 0.2) is 0 Å². The van der Waals surface area contributed by atoms with Crippen molar-refractivity contribution in [2.24, 2.45) is 7.05 Å². The second kappa shape index (κ2) is 2.76. The van der Waals surface area contributed by atoms with E-state index >= 15 is 0 Å². The molecule has 0 atom stereocenters. The van der Waals surface area contributed by atoms with Crippen LogP contribution in [0.4, 0.5) is 5.82 Å². The number of aromatic nitrogens is 2. The molecular weight excluding hydrogens is 261 g/mol. The van der Waals surface area contributed by atoms with Crippen molar-refractivity contribution < 1.29 is 4.92 Å². The van der Waals surface area contributed by atoms with Gasteiger partial charge in [-0.2, -0.15) is 4.68 Å². The SMILES string of the molecule is Cc1c(I)c([N+](=O)[O-])nn1C. The van der Waals surface area contributed by atoms with Crippen molar-refractivity contribution in [3.63, 3.8) is 0 Å². The molecule has 0 unspecified atom stereocenters. The highest BCUT2D eigenvalue weighted by atomic mass is 127. The minimum absolute atomic E-state index is 0.0643. The number of aryl methyl sites for hydroxylation is 1. The van der Waals surface area contributed by atoms with Gasteiger partial charge in [0, 0.05) is 0 Å². The molecule has 0 saturated heterocycles. The average Bonchev–Trinajstić information content (AvgIpc) is 2.17. The minimum Gasteiger partial charge on any atom is -0.358 e. The van der Waals surface area contributed by atoms with Crippen molar-refractivity contribution in [1.29, 1.82) is 0 Å². The number of nitro groups is 1. The highest BCUT2D eigenvalue weighted by molar-refractivity contribution is 14.1. The smallest absolute Gasteiger partial charge is 0.358 e. The molecule has 0 aliphatic heterocycles. The summed E-state index contributed by atoms with van der Waals surface area (Å²) in [6.07, 6.45) is 0. The number of rotatable bonds is 1. The Hall–Kier alpha value is -0.660. The molecule has 0 fully saturated rings. The number of halogens is 1. The van der Waals surface area contributed by atoms with E-state index in [-0.39, 0.29) is 5.82 Å². The second-order valence-corrected chi connectivity index (χ2v) is 3.18. The van der Waals surface area contributed by atoms with Crippen LogP contribution in [-0.4, -0.2) is 14.7 Å². The van der Waals surface area contributed by atoms with Gasteiger partial charge in [-0.3, -0.25) is 0 Å². The summed E-state index contributed by atoms with van der Waals surface area (Å²) >= 11 is 1.92. The number of hydrogen-bond acceptors (Lipinski definition) is 3. The molecule has 0 aliphatic rings. The van der Waals surface area contributed by atoms with Crippen LogP contribution >= 0.6 is 22.6 Å². The molecule has 5 nitrogen and oxygen atoms in total. The van der Waals surface area contributed by atoms with Gasteiger partial charge in [-0.05, 0) is 34.4 Å². The minimum atomic E-state index is -0.477. The topological polar surface area (TPSA) is 61.0 Å². The molecule has 1 aromatic rings. The van der Waals surface area contributed by atoms with Crippen LogP contribution in [0.5, 0.6) is 0 Å². The van der Waals surface area contributed by atoms with Crippen LogP contribution < -0.4 is 0 Å². The van der Waals surface area contributed by atoms with Crippen molar-refractivity contribution in [3.8, 4) is 0 Å². The summed E-state index contributed by atoms with van der Waals surface area (Å²) in [6.45, 7) is 1.79. The predicted molar refractivity (Wildman–Crippen MR) is 47.3 cm³/mol. The Morgan fingerprint density at radius 2 is 2.27 bits per heavy atom. The monoisotopic (exact) mass is 267 g/mol. The zero-order valence-electron chi connectivity index (χ0n) is 6.04. The van der Waals surface area contributed by atoms with E-state index in [0.29, 0.717) is 3.57 Å². The zero-order chi connectivity index (χ0) is 8.59. The Labute approximate surface area is 76.7 Å². The van der Waals surface area contributed by atoms with Gasteiger partial charge in [0.1, 0.15) is 3.57 Å². The Morgan fingerprint density at radius 3 is 2.45 bits per heavy atom. The quantitative estimate of drug-likeness (QED) is 0.437. The molecule has 11 heavy (non-hydrogen) atoms. The van der Waals surface area contributed by atoms with E-state index in [4.69, 9.17) is 0 Å². The maximum Gasteiger partial charge on any atom is 0.403 e. The van der Waals surface area contributed by atoms with E-state index in [0.717, 1.165) is 5.69 Å². The zero-order valence-corrected chi connectivity index (χ0v) is 8.19. The van der Waals surface area contributed by atoms with Crippen molar-refractivity contribution in [2.45, 2.75) is 6.92 Å². The first kappa shape index (κ1) is 8.44. The molecule has 0 N–H and O–H groups in total. The van der Waals surface area contributed by atoms with Crippen molar-refractivity contribution in [2.75, 3.05) is 0 Å². The first-order valence-electron chi connectivity index (χ1n) is 2.87. The summed E-state index contributed by atoms with van der Waals surface area (Å²) in [6, 6.07) is 0. The maximum absolute atomic E-state index is 10.3. The third-order valence-electron chi connectivity index (χ3n) is 1.42. The Morgan fingerprint density at radius 1 is 1.73 bits per heavy atom. The van der Waals surface area contributed by atoms with Gasteiger partial charge in [-0.1, -0.05) is 0 Å². The van der Waals surface area contributed by atoms with E-state index in [1.54, 1.807) is 14.0 Å². The lowest BCUT2D eigenvalue weighted by Gasteiger charge is -1.86. The summed E-state index contributed by atoms with van der Waals surface area (Å²) < 4.78 is 2.11. The predicted octanol–water partition coefficient (Wildman–Crippen LogP) is 1.24. The lowest BCUT2D eigenvalue weighted by atomic mass is 10.5.